The van der Waals surface area contributed by atoms with Crippen molar-refractivity contribution in [1.82, 2.24) is 10.2 Å². The van der Waals surface area contributed by atoms with Crippen molar-refractivity contribution in [2.24, 2.45) is 0 Å². The molecule has 0 fully saturated rings. The van der Waals surface area contributed by atoms with Crippen molar-refractivity contribution < 1.29 is 0 Å². The van der Waals surface area contributed by atoms with Crippen molar-refractivity contribution in [1.29, 1.82) is 0 Å². The highest BCUT2D eigenvalue weighted by molar-refractivity contribution is 7.80. The first kappa shape index (κ1) is 16.9. The molecule has 1 atom stereocenters. The van der Waals surface area contributed by atoms with Gasteiger partial charge in [-0.25, -0.2) is 0 Å². The lowest BCUT2D eigenvalue weighted by molar-refractivity contribution is 0.303. The van der Waals surface area contributed by atoms with Gasteiger partial charge in [-0.15, -0.1) is 11.3 Å². The van der Waals surface area contributed by atoms with Crippen LogP contribution in [0.2, 0.25) is 0 Å². The quantitative estimate of drug-likeness (QED) is 0.810. The van der Waals surface area contributed by atoms with E-state index >= 15 is 0 Å². The molecule has 1 heterocycles. The Balaban J connectivity index is 1.95. The van der Waals surface area contributed by atoms with Gasteiger partial charge in [-0.3, -0.25) is 0 Å². The maximum Gasteiger partial charge on any atom is 0.170 e. The van der Waals surface area contributed by atoms with Crippen LogP contribution in [-0.2, 0) is 0 Å². The van der Waals surface area contributed by atoms with E-state index < -0.39 is 0 Å². The molecule has 5 heteroatoms. The second-order valence-electron chi connectivity index (χ2n) is 5.65. The molecule has 0 bridgehead atoms. The van der Waals surface area contributed by atoms with Crippen LogP contribution in [0.1, 0.15) is 22.0 Å². The van der Waals surface area contributed by atoms with Gasteiger partial charge in [-0.2, -0.15) is 0 Å². The number of thiocarbonyl (C=S) groups is 1. The Labute approximate surface area is 142 Å². The highest BCUT2D eigenvalue weighted by atomic mass is 32.1. The summed E-state index contributed by atoms with van der Waals surface area (Å²) in [5.74, 6) is 0. The molecule has 0 amide bonds. The van der Waals surface area contributed by atoms with Gasteiger partial charge >= 0.3 is 0 Å². The molecular formula is C17H23N3S2. The summed E-state index contributed by atoms with van der Waals surface area (Å²) in [6.07, 6.45) is 0. The third kappa shape index (κ3) is 4.53. The summed E-state index contributed by atoms with van der Waals surface area (Å²) in [7, 11) is 4.18. The number of rotatable bonds is 5. The van der Waals surface area contributed by atoms with E-state index in [-0.39, 0.29) is 0 Å². The Morgan fingerprint density at radius 2 is 2.05 bits per heavy atom. The van der Waals surface area contributed by atoms with E-state index in [0.29, 0.717) is 11.2 Å². The molecule has 3 nitrogen and oxygen atoms in total. The minimum absolute atomic E-state index is 0.318. The highest BCUT2D eigenvalue weighted by Gasteiger charge is 2.15. The first-order valence-corrected chi connectivity index (χ1v) is 8.58. The van der Waals surface area contributed by atoms with Gasteiger partial charge < -0.3 is 15.5 Å². The Bertz CT molecular complexity index is 621. The van der Waals surface area contributed by atoms with E-state index in [1.165, 1.54) is 16.0 Å². The number of nitrogens with zero attached hydrogens (tertiary/aromatic N) is 1. The van der Waals surface area contributed by atoms with Gasteiger partial charge in [0.2, 0.25) is 0 Å². The van der Waals surface area contributed by atoms with Crippen LogP contribution in [0.15, 0.2) is 35.7 Å². The summed E-state index contributed by atoms with van der Waals surface area (Å²) in [6, 6.07) is 10.9. The van der Waals surface area contributed by atoms with Gasteiger partial charge in [0.15, 0.2) is 5.11 Å². The third-order valence-electron chi connectivity index (χ3n) is 3.59. The Morgan fingerprint density at radius 3 is 2.68 bits per heavy atom. The van der Waals surface area contributed by atoms with Crippen LogP contribution >= 0.6 is 23.6 Å². The molecule has 0 spiro atoms. The zero-order valence-electron chi connectivity index (χ0n) is 13.5. The predicted octanol–water partition coefficient (Wildman–Crippen LogP) is 3.95. The first-order valence-electron chi connectivity index (χ1n) is 7.29. The van der Waals surface area contributed by atoms with E-state index in [0.717, 1.165) is 12.2 Å². The summed E-state index contributed by atoms with van der Waals surface area (Å²) in [5, 5.41) is 9.40. The highest BCUT2D eigenvalue weighted by Crippen LogP contribution is 2.22. The fraction of sp³-hybridized carbons (Fsp3) is 0.353. The molecule has 2 N–H and O–H groups in total. The number of anilines is 1. The van der Waals surface area contributed by atoms with Gasteiger partial charge in [-0.05, 0) is 68.8 Å². The van der Waals surface area contributed by atoms with Crippen molar-refractivity contribution in [2.75, 3.05) is 26.0 Å². The number of thiophene rings is 1. The topological polar surface area (TPSA) is 27.3 Å². The second kappa shape index (κ2) is 7.72. The standard InChI is InChI=1S/C17H23N3S2/c1-12-7-8-13(2)14(10-12)19-17(21)18-11-15(20(3)4)16-6-5-9-22-16/h5-10,15H,11H2,1-4H3,(H2,18,19,21)/t15-/m1/s1. The molecule has 2 aromatic rings. The van der Waals surface area contributed by atoms with Crippen molar-refractivity contribution in [3.8, 4) is 0 Å². The summed E-state index contributed by atoms with van der Waals surface area (Å²) < 4.78 is 0. The molecule has 0 aliphatic carbocycles. The van der Waals surface area contributed by atoms with E-state index in [4.69, 9.17) is 12.2 Å². The fourth-order valence-electron chi connectivity index (χ4n) is 2.24. The number of likely N-dealkylation sites (N-methyl/N-ethyl adjacent to an activating group) is 1. The molecule has 1 aromatic heterocycles. The van der Waals surface area contributed by atoms with Crippen molar-refractivity contribution in [2.45, 2.75) is 19.9 Å². The second-order valence-corrected chi connectivity index (χ2v) is 7.04. The normalized spacial score (nSPS) is 12.2. The van der Waals surface area contributed by atoms with Crippen LogP contribution in [-0.4, -0.2) is 30.7 Å². The fourth-order valence-corrected chi connectivity index (χ4v) is 3.36. The first-order chi connectivity index (χ1) is 10.5. The maximum absolute atomic E-state index is 5.44. The minimum Gasteiger partial charge on any atom is -0.360 e. The molecule has 0 aliphatic rings. The molecule has 0 radical (unpaired) electrons. The van der Waals surface area contributed by atoms with Crippen LogP contribution in [0, 0.1) is 13.8 Å². The number of hydrogen-bond acceptors (Lipinski definition) is 3. The Kier molecular flexibility index (Phi) is 5.94. The monoisotopic (exact) mass is 333 g/mol. The third-order valence-corrected chi connectivity index (χ3v) is 4.81. The molecule has 0 saturated heterocycles. The molecule has 22 heavy (non-hydrogen) atoms. The van der Waals surface area contributed by atoms with Gasteiger partial charge in [0.1, 0.15) is 0 Å². The lowest BCUT2D eigenvalue weighted by Crippen LogP contribution is -2.36. The van der Waals surface area contributed by atoms with Gasteiger partial charge in [0.05, 0.1) is 6.04 Å². The van der Waals surface area contributed by atoms with Crippen LogP contribution in [0.3, 0.4) is 0 Å². The predicted molar refractivity (Wildman–Crippen MR) is 101 cm³/mol. The SMILES string of the molecule is Cc1ccc(C)c(NC(=S)NC[C@H](c2cccs2)N(C)C)c1. The Hall–Kier alpha value is -1.43. The molecule has 0 aliphatic heterocycles. The number of nitrogens with one attached hydrogen (secondary N) is 2. The van der Waals surface area contributed by atoms with Crippen LogP contribution < -0.4 is 10.6 Å². The Morgan fingerprint density at radius 1 is 1.27 bits per heavy atom. The molecule has 0 unspecified atom stereocenters. The average molecular weight is 334 g/mol. The molecule has 1 aromatic carbocycles. The molecular weight excluding hydrogens is 310 g/mol. The van der Waals surface area contributed by atoms with Gasteiger partial charge in [0.25, 0.3) is 0 Å². The van der Waals surface area contributed by atoms with Gasteiger partial charge in [-0.1, -0.05) is 18.2 Å². The largest absolute Gasteiger partial charge is 0.360 e. The van der Waals surface area contributed by atoms with E-state index in [2.05, 4.69) is 79.2 Å². The smallest absolute Gasteiger partial charge is 0.170 e. The summed E-state index contributed by atoms with van der Waals surface area (Å²) in [5.41, 5.74) is 3.48. The summed E-state index contributed by atoms with van der Waals surface area (Å²) >= 11 is 7.21. The lowest BCUT2D eigenvalue weighted by Gasteiger charge is -2.24. The van der Waals surface area contributed by atoms with E-state index in [1.54, 1.807) is 11.3 Å². The van der Waals surface area contributed by atoms with Crippen LogP contribution in [0.4, 0.5) is 5.69 Å². The number of benzene rings is 1. The van der Waals surface area contributed by atoms with Crippen molar-refractivity contribution in [3.63, 3.8) is 0 Å². The molecule has 118 valence electrons. The van der Waals surface area contributed by atoms with Crippen LogP contribution in [0.25, 0.3) is 0 Å². The number of aryl methyl sites for hydroxylation is 2. The molecule has 2 rings (SSSR count). The van der Waals surface area contributed by atoms with E-state index in [9.17, 15) is 0 Å². The van der Waals surface area contributed by atoms with Crippen molar-refractivity contribution >= 4 is 34.4 Å². The maximum atomic E-state index is 5.44. The van der Waals surface area contributed by atoms with Crippen molar-refractivity contribution in [3.05, 3.63) is 51.7 Å². The van der Waals surface area contributed by atoms with E-state index in [1.807, 2.05) is 0 Å². The number of hydrogen-bond donors (Lipinski definition) is 2. The minimum atomic E-state index is 0.318. The zero-order chi connectivity index (χ0) is 16.1. The lowest BCUT2D eigenvalue weighted by atomic mass is 10.1. The van der Waals surface area contributed by atoms with Gasteiger partial charge in [0, 0.05) is 17.1 Å². The zero-order valence-corrected chi connectivity index (χ0v) is 15.1. The summed E-state index contributed by atoms with van der Waals surface area (Å²) in [6.45, 7) is 4.95. The van der Waals surface area contributed by atoms with Crippen LogP contribution in [0.5, 0.6) is 0 Å². The molecule has 0 saturated carbocycles. The average Bonchev–Trinajstić information content (AvgIpc) is 2.96. The summed E-state index contributed by atoms with van der Waals surface area (Å²) in [4.78, 5) is 3.55.